The maximum Gasteiger partial charge on any atom is 0.303 e. The molecule has 0 aliphatic heterocycles. The highest BCUT2D eigenvalue weighted by molar-refractivity contribution is 5.95. The van der Waals surface area contributed by atoms with Crippen molar-refractivity contribution in [3.63, 3.8) is 0 Å². The molecule has 1 unspecified atom stereocenters. The lowest BCUT2D eigenvalue weighted by Crippen LogP contribution is -2.33. The van der Waals surface area contributed by atoms with Gasteiger partial charge in [-0.1, -0.05) is 0 Å². The first-order chi connectivity index (χ1) is 10.5. The number of nitrogens with one attached hydrogen (secondary N) is 1. The molecule has 2 heterocycles. The molecule has 0 aromatic carbocycles. The van der Waals surface area contributed by atoms with Crippen molar-refractivity contribution < 1.29 is 19.1 Å². The number of aliphatic carboxylic acids is 1. The molecule has 0 saturated carbocycles. The van der Waals surface area contributed by atoms with E-state index in [1.807, 2.05) is 0 Å². The van der Waals surface area contributed by atoms with Gasteiger partial charge in [-0.25, -0.2) is 4.98 Å². The van der Waals surface area contributed by atoms with E-state index in [4.69, 9.17) is 9.52 Å². The van der Waals surface area contributed by atoms with Crippen molar-refractivity contribution in [1.29, 1.82) is 0 Å². The second-order valence-electron chi connectivity index (χ2n) is 5.11. The zero-order valence-corrected chi connectivity index (χ0v) is 12.5. The van der Waals surface area contributed by atoms with Crippen LogP contribution in [0.5, 0.6) is 0 Å². The molecule has 2 N–H and O–H groups in total. The fraction of sp³-hybridized carbons (Fsp3) is 0.312. The SMILES string of the molecule is Cc1nc(-c2ccco2)ccc1C(=O)NC(C)CCC(=O)O. The molecule has 116 valence electrons. The van der Waals surface area contributed by atoms with Crippen LogP contribution in [0, 0.1) is 6.92 Å². The van der Waals surface area contributed by atoms with Gasteiger partial charge in [0, 0.05) is 12.5 Å². The van der Waals surface area contributed by atoms with E-state index in [2.05, 4.69) is 10.3 Å². The van der Waals surface area contributed by atoms with E-state index in [-0.39, 0.29) is 18.4 Å². The summed E-state index contributed by atoms with van der Waals surface area (Å²) in [5.74, 6) is -0.486. The zero-order chi connectivity index (χ0) is 16.1. The fourth-order valence-corrected chi connectivity index (χ4v) is 2.08. The summed E-state index contributed by atoms with van der Waals surface area (Å²) in [4.78, 5) is 27.1. The van der Waals surface area contributed by atoms with E-state index >= 15 is 0 Å². The van der Waals surface area contributed by atoms with Crippen LogP contribution in [-0.4, -0.2) is 28.0 Å². The number of nitrogens with zero attached hydrogens (tertiary/aromatic N) is 1. The van der Waals surface area contributed by atoms with Gasteiger partial charge in [0.25, 0.3) is 5.91 Å². The lowest BCUT2D eigenvalue weighted by atomic mass is 10.1. The molecule has 0 bridgehead atoms. The third kappa shape index (κ3) is 3.94. The van der Waals surface area contributed by atoms with Crippen molar-refractivity contribution in [2.75, 3.05) is 0 Å². The molecular weight excluding hydrogens is 284 g/mol. The highest BCUT2D eigenvalue weighted by Gasteiger charge is 2.15. The lowest BCUT2D eigenvalue weighted by Gasteiger charge is -2.14. The Morgan fingerprint density at radius 1 is 1.36 bits per heavy atom. The number of pyridine rings is 1. The van der Waals surface area contributed by atoms with E-state index in [1.54, 1.807) is 44.4 Å². The van der Waals surface area contributed by atoms with Crippen molar-refractivity contribution in [1.82, 2.24) is 10.3 Å². The van der Waals surface area contributed by atoms with Crippen LogP contribution >= 0.6 is 0 Å². The third-order valence-corrected chi connectivity index (χ3v) is 3.27. The number of rotatable bonds is 6. The van der Waals surface area contributed by atoms with Gasteiger partial charge in [0.1, 0.15) is 5.69 Å². The molecule has 0 radical (unpaired) electrons. The topological polar surface area (TPSA) is 92.4 Å². The highest BCUT2D eigenvalue weighted by Crippen LogP contribution is 2.19. The number of carbonyl (C=O) groups is 2. The van der Waals surface area contributed by atoms with Crippen molar-refractivity contribution in [3.8, 4) is 11.5 Å². The molecule has 2 rings (SSSR count). The standard InChI is InChI=1S/C16H18N2O4/c1-10(5-8-15(19)20)17-16(21)12-6-7-13(18-11(12)2)14-4-3-9-22-14/h3-4,6-7,9-10H,5,8H2,1-2H3,(H,17,21)(H,19,20). The number of carbonyl (C=O) groups excluding carboxylic acids is 1. The summed E-state index contributed by atoms with van der Waals surface area (Å²) in [6.07, 6.45) is 1.98. The van der Waals surface area contributed by atoms with Crippen LogP contribution in [0.3, 0.4) is 0 Å². The predicted molar refractivity (Wildman–Crippen MR) is 80.5 cm³/mol. The maximum absolute atomic E-state index is 12.2. The molecule has 22 heavy (non-hydrogen) atoms. The molecule has 0 fully saturated rings. The quantitative estimate of drug-likeness (QED) is 0.855. The number of aromatic nitrogens is 1. The molecular formula is C16H18N2O4. The van der Waals surface area contributed by atoms with Crippen molar-refractivity contribution >= 4 is 11.9 Å². The summed E-state index contributed by atoms with van der Waals surface area (Å²) in [6, 6.07) is 6.78. The van der Waals surface area contributed by atoms with E-state index in [0.29, 0.717) is 29.1 Å². The van der Waals surface area contributed by atoms with Gasteiger partial charge in [0.15, 0.2) is 5.76 Å². The summed E-state index contributed by atoms with van der Waals surface area (Å²) in [6.45, 7) is 3.53. The van der Waals surface area contributed by atoms with Gasteiger partial charge in [-0.3, -0.25) is 9.59 Å². The average molecular weight is 302 g/mol. The Balaban J connectivity index is 2.05. The molecule has 6 nitrogen and oxygen atoms in total. The number of furan rings is 1. The van der Waals surface area contributed by atoms with Gasteiger partial charge in [-0.15, -0.1) is 0 Å². The number of hydrogen-bond donors (Lipinski definition) is 2. The van der Waals surface area contributed by atoms with Crippen LogP contribution in [0.4, 0.5) is 0 Å². The fourth-order valence-electron chi connectivity index (χ4n) is 2.08. The van der Waals surface area contributed by atoms with E-state index < -0.39 is 5.97 Å². The molecule has 6 heteroatoms. The summed E-state index contributed by atoms with van der Waals surface area (Å²) in [5, 5.41) is 11.4. The van der Waals surface area contributed by atoms with Gasteiger partial charge < -0.3 is 14.8 Å². The minimum atomic E-state index is -0.873. The van der Waals surface area contributed by atoms with Crippen LogP contribution < -0.4 is 5.32 Å². The van der Waals surface area contributed by atoms with Gasteiger partial charge in [0.05, 0.1) is 17.5 Å². The number of carboxylic acids is 1. The van der Waals surface area contributed by atoms with E-state index in [0.717, 1.165) is 0 Å². The first-order valence-corrected chi connectivity index (χ1v) is 7.01. The van der Waals surface area contributed by atoms with Gasteiger partial charge >= 0.3 is 5.97 Å². The first kappa shape index (κ1) is 15.8. The third-order valence-electron chi connectivity index (χ3n) is 3.27. The average Bonchev–Trinajstić information content (AvgIpc) is 2.99. The molecule has 0 aliphatic carbocycles. The Morgan fingerprint density at radius 3 is 2.73 bits per heavy atom. The predicted octanol–water partition coefficient (Wildman–Crippen LogP) is 2.63. The number of carboxylic acid groups (broad SMARTS) is 1. The lowest BCUT2D eigenvalue weighted by molar-refractivity contribution is -0.137. The Hall–Kier alpha value is -2.63. The van der Waals surface area contributed by atoms with Crippen molar-refractivity contribution in [2.24, 2.45) is 0 Å². The number of hydrogen-bond acceptors (Lipinski definition) is 4. The van der Waals surface area contributed by atoms with Crippen molar-refractivity contribution in [2.45, 2.75) is 32.7 Å². The molecule has 1 atom stereocenters. The van der Waals surface area contributed by atoms with E-state index in [9.17, 15) is 9.59 Å². The molecule has 2 aromatic heterocycles. The Kier molecular flexibility index (Phi) is 4.93. The van der Waals surface area contributed by atoms with Crippen LogP contribution in [0.1, 0.15) is 35.8 Å². The zero-order valence-electron chi connectivity index (χ0n) is 12.5. The minimum Gasteiger partial charge on any atom is -0.481 e. The van der Waals surface area contributed by atoms with E-state index in [1.165, 1.54) is 0 Å². The number of aryl methyl sites for hydroxylation is 1. The summed E-state index contributed by atoms with van der Waals surface area (Å²) in [7, 11) is 0. The first-order valence-electron chi connectivity index (χ1n) is 7.01. The van der Waals surface area contributed by atoms with Crippen LogP contribution in [0.15, 0.2) is 34.9 Å². The molecule has 2 aromatic rings. The summed E-state index contributed by atoms with van der Waals surface area (Å²) in [5.41, 5.74) is 1.73. The van der Waals surface area contributed by atoms with Crippen LogP contribution in [-0.2, 0) is 4.79 Å². The smallest absolute Gasteiger partial charge is 0.303 e. The summed E-state index contributed by atoms with van der Waals surface area (Å²) >= 11 is 0. The van der Waals surface area contributed by atoms with Crippen LogP contribution in [0.2, 0.25) is 0 Å². The molecule has 0 saturated heterocycles. The number of amides is 1. The maximum atomic E-state index is 12.2. The second-order valence-corrected chi connectivity index (χ2v) is 5.11. The minimum absolute atomic E-state index is 0.0239. The Morgan fingerprint density at radius 2 is 2.14 bits per heavy atom. The Labute approximate surface area is 128 Å². The normalized spacial score (nSPS) is 11.9. The van der Waals surface area contributed by atoms with Crippen molar-refractivity contribution in [3.05, 3.63) is 41.8 Å². The monoisotopic (exact) mass is 302 g/mol. The molecule has 1 amide bonds. The van der Waals surface area contributed by atoms with Gasteiger partial charge in [-0.2, -0.15) is 0 Å². The summed E-state index contributed by atoms with van der Waals surface area (Å²) < 4.78 is 5.28. The largest absolute Gasteiger partial charge is 0.481 e. The molecule has 0 spiro atoms. The van der Waals surface area contributed by atoms with Gasteiger partial charge in [0.2, 0.25) is 0 Å². The highest BCUT2D eigenvalue weighted by atomic mass is 16.4. The molecule has 0 aliphatic rings. The van der Waals surface area contributed by atoms with Crippen LogP contribution in [0.25, 0.3) is 11.5 Å². The second kappa shape index (κ2) is 6.89. The van der Waals surface area contributed by atoms with Gasteiger partial charge in [-0.05, 0) is 44.5 Å². The Bertz CT molecular complexity index is 665.